The molecule has 0 fully saturated rings. The van der Waals surface area contributed by atoms with E-state index in [9.17, 15) is 8.78 Å². The van der Waals surface area contributed by atoms with E-state index in [4.69, 9.17) is 10.5 Å². The van der Waals surface area contributed by atoms with E-state index < -0.39 is 12.1 Å². The van der Waals surface area contributed by atoms with Gasteiger partial charge in [0.2, 0.25) is 0 Å². The molecule has 1 aromatic heterocycles. The first-order chi connectivity index (χ1) is 7.63. The molecule has 0 spiro atoms. The highest BCUT2D eigenvalue weighted by molar-refractivity contribution is 9.08. The summed E-state index contributed by atoms with van der Waals surface area (Å²) in [5.41, 5.74) is 0.0758. The Labute approximate surface area is 99.5 Å². The third-order valence-corrected chi connectivity index (χ3v) is 2.49. The summed E-state index contributed by atoms with van der Waals surface area (Å²) in [6.45, 7) is 0. The van der Waals surface area contributed by atoms with Crippen LogP contribution in [0.25, 0.3) is 0 Å². The second-order valence-corrected chi connectivity index (χ2v) is 3.47. The number of hydrogen-bond donors (Lipinski definition) is 0. The van der Waals surface area contributed by atoms with Crippen molar-refractivity contribution in [1.29, 1.82) is 10.5 Å². The fourth-order valence-electron chi connectivity index (χ4n) is 1.24. The zero-order valence-corrected chi connectivity index (χ0v) is 9.63. The van der Waals surface area contributed by atoms with Crippen molar-refractivity contribution in [2.75, 3.05) is 0 Å². The summed E-state index contributed by atoms with van der Waals surface area (Å²) in [5, 5.41) is 17.4. The number of alkyl halides is 3. The zero-order valence-electron chi connectivity index (χ0n) is 8.04. The molecule has 0 saturated heterocycles. The molecule has 1 heterocycles. The summed E-state index contributed by atoms with van der Waals surface area (Å²) in [7, 11) is 0. The molecule has 0 bridgehead atoms. The Hall–Kier alpha value is -1.53. The Morgan fingerprint density at radius 2 is 2.12 bits per heavy atom. The number of hydrogen-bond acceptors (Lipinski definition) is 3. The molecule has 0 aliphatic rings. The van der Waals surface area contributed by atoms with Crippen LogP contribution in [0.3, 0.4) is 0 Å². The van der Waals surface area contributed by atoms with Crippen LogP contribution in [0.2, 0.25) is 0 Å². The topological polar surface area (TPSA) is 60.5 Å². The van der Waals surface area contributed by atoms with Gasteiger partial charge < -0.3 is 0 Å². The van der Waals surface area contributed by atoms with Crippen LogP contribution in [0.5, 0.6) is 0 Å². The normalized spacial score (nSPS) is 9.88. The molecule has 82 valence electrons. The number of nitrogens with zero attached hydrogens (tertiary/aromatic N) is 3. The molecule has 0 N–H and O–H groups in total. The van der Waals surface area contributed by atoms with Crippen molar-refractivity contribution < 1.29 is 8.78 Å². The Morgan fingerprint density at radius 1 is 1.44 bits per heavy atom. The van der Waals surface area contributed by atoms with Gasteiger partial charge in [-0.15, -0.1) is 0 Å². The molecule has 0 aliphatic carbocycles. The SMILES string of the molecule is N#CCc1cc(C#N)c(CBr)c(C(F)F)n1. The van der Waals surface area contributed by atoms with Crippen LogP contribution in [0.4, 0.5) is 8.78 Å². The Bertz CT molecular complexity index is 474. The monoisotopic (exact) mass is 285 g/mol. The molecule has 6 heteroatoms. The minimum atomic E-state index is -2.75. The van der Waals surface area contributed by atoms with E-state index in [0.29, 0.717) is 0 Å². The lowest BCUT2D eigenvalue weighted by atomic mass is 10.1. The van der Waals surface area contributed by atoms with Gasteiger partial charge in [0, 0.05) is 10.9 Å². The number of nitriles is 2. The van der Waals surface area contributed by atoms with E-state index in [1.165, 1.54) is 6.07 Å². The minimum absolute atomic E-state index is 0.0863. The van der Waals surface area contributed by atoms with E-state index in [1.807, 2.05) is 12.1 Å². The average Bonchev–Trinajstić information content (AvgIpc) is 2.28. The average molecular weight is 286 g/mol. The zero-order chi connectivity index (χ0) is 12.1. The van der Waals surface area contributed by atoms with E-state index >= 15 is 0 Å². The third-order valence-electron chi connectivity index (χ3n) is 1.93. The van der Waals surface area contributed by atoms with Crippen molar-refractivity contribution in [3.63, 3.8) is 0 Å². The molecule has 0 saturated carbocycles. The predicted octanol–water partition coefficient (Wildman–Crippen LogP) is 2.85. The first kappa shape index (κ1) is 12.5. The van der Waals surface area contributed by atoms with Crippen molar-refractivity contribution >= 4 is 15.9 Å². The molecular weight excluding hydrogens is 280 g/mol. The van der Waals surface area contributed by atoms with Crippen LogP contribution >= 0.6 is 15.9 Å². The second kappa shape index (κ2) is 5.53. The third kappa shape index (κ3) is 2.53. The van der Waals surface area contributed by atoms with Gasteiger partial charge in [-0.1, -0.05) is 15.9 Å². The van der Waals surface area contributed by atoms with Crippen LogP contribution in [-0.4, -0.2) is 4.98 Å². The van der Waals surface area contributed by atoms with Crippen molar-refractivity contribution in [2.24, 2.45) is 0 Å². The number of halogens is 3. The summed E-state index contributed by atoms with van der Waals surface area (Å²) in [6, 6.07) is 5.00. The summed E-state index contributed by atoms with van der Waals surface area (Å²) in [4.78, 5) is 3.69. The summed E-state index contributed by atoms with van der Waals surface area (Å²) in [6.07, 6.45) is -2.84. The molecule has 16 heavy (non-hydrogen) atoms. The van der Waals surface area contributed by atoms with Gasteiger partial charge in [-0.2, -0.15) is 10.5 Å². The first-order valence-electron chi connectivity index (χ1n) is 4.27. The van der Waals surface area contributed by atoms with Crippen LogP contribution in [-0.2, 0) is 11.8 Å². The van der Waals surface area contributed by atoms with Crippen LogP contribution in [0.1, 0.15) is 28.9 Å². The molecule has 0 aliphatic heterocycles. The van der Waals surface area contributed by atoms with E-state index in [2.05, 4.69) is 20.9 Å². The largest absolute Gasteiger partial charge is 0.280 e. The van der Waals surface area contributed by atoms with Crippen molar-refractivity contribution in [3.8, 4) is 12.1 Å². The van der Waals surface area contributed by atoms with Gasteiger partial charge in [-0.3, -0.25) is 4.98 Å². The van der Waals surface area contributed by atoms with Gasteiger partial charge in [0.25, 0.3) is 6.43 Å². The fourth-order valence-corrected chi connectivity index (χ4v) is 1.83. The molecule has 0 atom stereocenters. The Balaban J connectivity index is 3.40. The second-order valence-electron chi connectivity index (χ2n) is 2.91. The molecule has 0 unspecified atom stereocenters. The quantitative estimate of drug-likeness (QED) is 0.803. The lowest BCUT2D eigenvalue weighted by Crippen LogP contribution is -2.04. The maximum absolute atomic E-state index is 12.7. The Kier molecular flexibility index (Phi) is 4.33. The molecule has 1 aromatic rings. The fraction of sp³-hybridized carbons (Fsp3) is 0.300. The lowest BCUT2D eigenvalue weighted by molar-refractivity contribution is 0.145. The summed E-state index contributed by atoms with van der Waals surface area (Å²) in [5.74, 6) is 0. The van der Waals surface area contributed by atoms with E-state index in [1.54, 1.807) is 0 Å². The highest BCUT2D eigenvalue weighted by Gasteiger charge is 2.19. The first-order valence-corrected chi connectivity index (χ1v) is 5.40. The molecular formula is C10H6BrF2N3. The van der Waals surface area contributed by atoms with Gasteiger partial charge in [0.1, 0.15) is 5.69 Å². The van der Waals surface area contributed by atoms with Crippen LogP contribution < -0.4 is 0 Å². The minimum Gasteiger partial charge on any atom is -0.250 e. The number of pyridine rings is 1. The maximum Gasteiger partial charge on any atom is 0.280 e. The molecule has 0 aromatic carbocycles. The van der Waals surface area contributed by atoms with E-state index in [-0.39, 0.29) is 28.6 Å². The molecule has 0 radical (unpaired) electrons. The van der Waals surface area contributed by atoms with Gasteiger partial charge in [0.05, 0.1) is 29.8 Å². The maximum atomic E-state index is 12.7. The van der Waals surface area contributed by atoms with Crippen molar-refractivity contribution in [1.82, 2.24) is 4.98 Å². The molecule has 3 nitrogen and oxygen atoms in total. The van der Waals surface area contributed by atoms with Crippen LogP contribution in [0.15, 0.2) is 6.07 Å². The van der Waals surface area contributed by atoms with Crippen molar-refractivity contribution in [2.45, 2.75) is 18.2 Å². The smallest absolute Gasteiger partial charge is 0.250 e. The number of aromatic nitrogens is 1. The summed E-state index contributed by atoms with van der Waals surface area (Å²) >= 11 is 3.04. The number of rotatable bonds is 3. The van der Waals surface area contributed by atoms with Gasteiger partial charge in [-0.25, -0.2) is 8.78 Å². The standard InChI is InChI=1S/C10H6BrF2N3/c11-4-8-6(5-15)3-7(1-2-14)16-9(8)10(12)13/h3,10H,1,4H2. The molecule has 0 amide bonds. The Morgan fingerprint density at radius 3 is 2.56 bits per heavy atom. The predicted molar refractivity (Wildman–Crippen MR) is 55.9 cm³/mol. The van der Waals surface area contributed by atoms with Gasteiger partial charge in [-0.05, 0) is 6.07 Å². The molecule has 1 rings (SSSR count). The highest BCUT2D eigenvalue weighted by atomic mass is 79.9. The lowest BCUT2D eigenvalue weighted by Gasteiger charge is -2.08. The van der Waals surface area contributed by atoms with Crippen molar-refractivity contribution in [3.05, 3.63) is 28.6 Å². The van der Waals surface area contributed by atoms with Gasteiger partial charge >= 0.3 is 0 Å². The highest BCUT2D eigenvalue weighted by Crippen LogP contribution is 2.26. The van der Waals surface area contributed by atoms with E-state index in [0.717, 1.165) is 0 Å². The van der Waals surface area contributed by atoms with Crippen LogP contribution in [0, 0.1) is 22.7 Å². The summed E-state index contributed by atoms with van der Waals surface area (Å²) < 4.78 is 25.4. The van der Waals surface area contributed by atoms with Gasteiger partial charge in [0.15, 0.2) is 0 Å².